The number of anilines is 1. The molecule has 0 bridgehead atoms. The van der Waals surface area contributed by atoms with Gasteiger partial charge in [-0.05, 0) is 78.7 Å². The van der Waals surface area contributed by atoms with Gasteiger partial charge in [-0.2, -0.15) is 0 Å². The van der Waals surface area contributed by atoms with E-state index in [2.05, 4.69) is 50.1 Å². The number of hydrogen-bond donors (Lipinski definition) is 1. The van der Waals surface area contributed by atoms with Crippen molar-refractivity contribution in [2.45, 2.75) is 13.8 Å². The Hall–Kier alpha value is -3.97. The molecular weight excluding hydrogens is 494 g/mol. The summed E-state index contributed by atoms with van der Waals surface area (Å²) in [6, 6.07) is 22.3. The molecule has 2 heterocycles. The van der Waals surface area contributed by atoms with Gasteiger partial charge in [-0.3, -0.25) is 14.9 Å². The van der Waals surface area contributed by atoms with Gasteiger partial charge in [0.25, 0.3) is 11.8 Å². The summed E-state index contributed by atoms with van der Waals surface area (Å²) in [7, 11) is 0. The lowest BCUT2D eigenvalue weighted by Crippen LogP contribution is -2.54. The molecule has 7 heteroatoms. The van der Waals surface area contributed by atoms with Gasteiger partial charge in [0.1, 0.15) is 5.57 Å². The predicted molar refractivity (Wildman–Crippen MR) is 136 cm³/mol. The van der Waals surface area contributed by atoms with Crippen LogP contribution >= 0.6 is 15.9 Å². The van der Waals surface area contributed by atoms with Gasteiger partial charge in [-0.15, -0.1) is 0 Å². The smallest absolute Gasteiger partial charge is 0.318 e. The molecule has 0 aliphatic carbocycles. The molecule has 3 aromatic carbocycles. The standard InChI is InChI=1S/C27H20BrN3O3/c1-16-13-20(17(2)30(16)23-10-7-18-5-3-4-6-19(18)14-23)15-24-25(32)29-27(34)31(26(24)33)22-11-8-21(28)9-12-22/h3-15H,1-2H3,(H,29,32,34)/b24-15+. The molecule has 168 valence electrons. The maximum Gasteiger partial charge on any atom is 0.335 e. The summed E-state index contributed by atoms with van der Waals surface area (Å²) >= 11 is 3.34. The van der Waals surface area contributed by atoms with E-state index in [1.54, 1.807) is 30.3 Å². The third-order valence-electron chi connectivity index (χ3n) is 5.95. The lowest BCUT2D eigenvalue weighted by molar-refractivity contribution is -0.122. The summed E-state index contributed by atoms with van der Waals surface area (Å²) in [5, 5.41) is 4.55. The van der Waals surface area contributed by atoms with Crippen molar-refractivity contribution < 1.29 is 14.4 Å². The Balaban J connectivity index is 1.56. The minimum atomic E-state index is -0.767. The molecule has 34 heavy (non-hydrogen) atoms. The molecular formula is C27H20BrN3O3. The van der Waals surface area contributed by atoms with E-state index in [9.17, 15) is 14.4 Å². The number of amides is 4. The van der Waals surface area contributed by atoms with Crippen molar-refractivity contribution >= 4 is 56.3 Å². The number of benzene rings is 3. The van der Waals surface area contributed by atoms with E-state index in [1.807, 2.05) is 38.1 Å². The Morgan fingerprint density at radius 2 is 1.50 bits per heavy atom. The molecule has 1 aliphatic rings. The number of aryl methyl sites for hydroxylation is 1. The number of urea groups is 1. The van der Waals surface area contributed by atoms with E-state index in [0.29, 0.717) is 5.69 Å². The van der Waals surface area contributed by atoms with E-state index in [0.717, 1.165) is 42.8 Å². The van der Waals surface area contributed by atoms with Crippen molar-refractivity contribution in [3.63, 3.8) is 0 Å². The summed E-state index contributed by atoms with van der Waals surface area (Å²) in [6.07, 6.45) is 1.55. The zero-order chi connectivity index (χ0) is 24.0. The summed E-state index contributed by atoms with van der Waals surface area (Å²) in [5.41, 5.74) is 3.85. The van der Waals surface area contributed by atoms with Gasteiger partial charge in [0.2, 0.25) is 0 Å². The van der Waals surface area contributed by atoms with Crippen molar-refractivity contribution in [3.05, 3.63) is 99.8 Å². The second-order valence-electron chi connectivity index (χ2n) is 8.13. The molecule has 0 saturated carbocycles. The molecule has 0 spiro atoms. The van der Waals surface area contributed by atoms with Gasteiger partial charge < -0.3 is 4.57 Å². The number of fused-ring (bicyclic) bond motifs is 1. The molecule has 1 saturated heterocycles. The van der Waals surface area contributed by atoms with Gasteiger partial charge in [-0.1, -0.05) is 46.3 Å². The van der Waals surface area contributed by atoms with Crippen LogP contribution in [0.1, 0.15) is 17.0 Å². The number of carbonyl (C=O) groups is 3. The first-order valence-corrected chi connectivity index (χ1v) is 11.5. The average molecular weight is 514 g/mol. The lowest BCUT2D eigenvalue weighted by atomic mass is 10.1. The highest BCUT2D eigenvalue weighted by atomic mass is 79.9. The quantitative estimate of drug-likeness (QED) is 0.283. The van der Waals surface area contributed by atoms with E-state index in [-0.39, 0.29) is 5.57 Å². The fourth-order valence-corrected chi connectivity index (χ4v) is 4.55. The topological polar surface area (TPSA) is 71.4 Å². The highest BCUT2D eigenvalue weighted by Gasteiger charge is 2.37. The summed E-state index contributed by atoms with van der Waals surface area (Å²) in [6.45, 7) is 3.92. The number of nitrogens with one attached hydrogen (secondary N) is 1. The molecule has 1 aliphatic heterocycles. The van der Waals surface area contributed by atoms with Crippen molar-refractivity contribution in [2.24, 2.45) is 0 Å². The fourth-order valence-electron chi connectivity index (χ4n) is 4.28. The van der Waals surface area contributed by atoms with E-state index in [4.69, 9.17) is 0 Å². The van der Waals surface area contributed by atoms with E-state index < -0.39 is 17.8 Å². The largest absolute Gasteiger partial charge is 0.335 e. The van der Waals surface area contributed by atoms with Crippen LogP contribution in [0.15, 0.2) is 82.8 Å². The highest BCUT2D eigenvalue weighted by Crippen LogP contribution is 2.28. The SMILES string of the molecule is Cc1cc(/C=C2\C(=O)NC(=O)N(c3ccc(Br)cc3)C2=O)c(C)n1-c1ccc2ccccc2c1. The Morgan fingerprint density at radius 1 is 0.824 bits per heavy atom. The van der Waals surface area contributed by atoms with Crippen molar-refractivity contribution in [1.29, 1.82) is 0 Å². The summed E-state index contributed by atoms with van der Waals surface area (Å²) in [4.78, 5) is 39.2. The highest BCUT2D eigenvalue weighted by molar-refractivity contribution is 9.10. The van der Waals surface area contributed by atoms with Crippen LogP contribution in [0.25, 0.3) is 22.5 Å². The summed E-state index contributed by atoms with van der Waals surface area (Å²) < 4.78 is 2.90. The van der Waals surface area contributed by atoms with Crippen LogP contribution in [-0.4, -0.2) is 22.4 Å². The zero-order valence-corrected chi connectivity index (χ0v) is 20.1. The molecule has 0 unspecified atom stereocenters. The van der Waals surface area contributed by atoms with Crippen LogP contribution < -0.4 is 10.2 Å². The Morgan fingerprint density at radius 3 is 2.24 bits per heavy atom. The Labute approximate surface area is 204 Å². The second-order valence-corrected chi connectivity index (χ2v) is 9.04. The number of barbiturate groups is 1. The fraction of sp³-hybridized carbons (Fsp3) is 0.0741. The number of halogens is 1. The van der Waals surface area contributed by atoms with Gasteiger partial charge >= 0.3 is 6.03 Å². The predicted octanol–water partition coefficient (Wildman–Crippen LogP) is 5.68. The second kappa shape index (κ2) is 8.43. The van der Waals surface area contributed by atoms with Crippen LogP contribution in [0.2, 0.25) is 0 Å². The molecule has 4 amide bonds. The number of aromatic nitrogens is 1. The van der Waals surface area contributed by atoms with Crippen molar-refractivity contribution in [1.82, 2.24) is 9.88 Å². The van der Waals surface area contributed by atoms with Crippen molar-refractivity contribution in [3.8, 4) is 5.69 Å². The van der Waals surface area contributed by atoms with Crippen LogP contribution in [0, 0.1) is 13.8 Å². The van der Waals surface area contributed by atoms with Gasteiger partial charge in [0, 0.05) is 21.5 Å². The van der Waals surface area contributed by atoms with E-state index >= 15 is 0 Å². The zero-order valence-electron chi connectivity index (χ0n) is 18.5. The molecule has 0 atom stereocenters. The van der Waals surface area contributed by atoms with Crippen LogP contribution in [0.4, 0.5) is 10.5 Å². The first-order valence-electron chi connectivity index (χ1n) is 10.7. The Bertz CT molecular complexity index is 1520. The molecule has 4 aromatic rings. The third kappa shape index (κ3) is 3.74. The molecule has 6 nitrogen and oxygen atoms in total. The van der Waals surface area contributed by atoms with Crippen LogP contribution in [-0.2, 0) is 9.59 Å². The third-order valence-corrected chi connectivity index (χ3v) is 6.48. The normalized spacial score (nSPS) is 15.3. The molecule has 0 radical (unpaired) electrons. The average Bonchev–Trinajstić information content (AvgIpc) is 3.10. The van der Waals surface area contributed by atoms with Crippen LogP contribution in [0.5, 0.6) is 0 Å². The van der Waals surface area contributed by atoms with Gasteiger partial charge in [-0.25, -0.2) is 9.69 Å². The summed E-state index contributed by atoms with van der Waals surface area (Å²) in [5.74, 6) is -1.37. The molecule has 1 fully saturated rings. The minimum Gasteiger partial charge on any atom is -0.318 e. The van der Waals surface area contributed by atoms with Gasteiger partial charge in [0.05, 0.1) is 5.69 Å². The molecule has 1 N–H and O–H groups in total. The molecule has 1 aromatic heterocycles. The lowest BCUT2D eigenvalue weighted by Gasteiger charge is -2.26. The Kier molecular flexibility index (Phi) is 5.42. The van der Waals surface area contributed by atoms with Gasteiger partial charge in [0.15, 0.2) is 0 Å². The number of hydrogen-bond acceptors (Lipinski definition) is 3. The number of imide groups is 2. The number of nitrogens with zero attached hydrogens (tertiary/aromatic N) is 2. The van der Waals surface area contributed by atoms with Crippen LogP contribution in [0.3, 0.4) is 0 Å². The molecule has 5 rings (SSSR count). The first-order chi connectivity index (χ1) is 16.3. The maximum absolute atomic E-state index is 13.2. The minimum absolute atomic E-state index is 0.0960. The maximum atomic E-state index is 13.2. The monoisotopic (exact) mass is 513 g/mol. The van der Waals surface area contributed by atoms with E-state index in [1.165, 1.54) is 0 Å². The first kappa shape index (κ1) is 21.9. The number of carbonyl (C=O) groups excluding carboxylic acids is 3. The number of rotatable bonds is 3. The van der Waals surface area contributed by atoms with Crippen molar-refractivity contribution in [2.75, 3.05) is 4.90 Å².